The number of hydrogen-bond donors (Lipinski definition) is 1. The van der Waals surface area contributed by atoms with Gasteiger partial charge >= 0.3 is 11.9 Å². The summed E-state index contributed by atoms with van der Waals surface area (Å²) in [5.41, 5.74) is 0.612. The number of methoxy groups -OCH3 is 1. The highest BCUT2D eigenvalue weighted by Gasteiger charge is 2.48. The lowest BCUT2D eigenvalue weighted by atomic mass is 9.95. The quantitative estimate of drug-likeness (QED) is 0.254. The van der Waals surface area contributed by atoms with Crippen LogP contribution in [0.1, 0.15) is 38.1 Å². The summed E-state index contributed by atoms with van der Waals surface area (Å²) in [6.07, 6.45) is 0. The number of hydrogen-bond acceptors (Lipinski definition) is 7. The largest absolute Gasteiger partial charge is 0.507 e. The molecule has 1 fully saturated rings. The van der Waals surface area contributed by atoms with Gasteiger partial charge in [-0.1, -0.05) is 35.6 Å². The highest BCUT2D eigenvalue weighted by atomic mass is 32.1. The lowest BCUT2D eigenvalue weighted by Gasteiger charge is -2.23. The molecule has 0 radical (unpaired) electrons. The van der Waals surface area contributed by atoms with Crippen LogP contribution in [0.4, 0.5) is 13.9 Å². The summed E-state index contributed by atoms with van der Waals surface area (Å²) >= 11 is 0.840. The van der Waals surface area contributed by atoms with Gasteiger partial charge in [0.05, 0.1) is 24.4 Å². The minimum atomic E-state index is -1.19. The molecule has 3 aromatic rings. The van der Waals surface area contributed by atoms with E-state index in [-0.39, 0.29) is 26.8 Å². The van der Waals surface area contributed by atoms with Crippen LogP contribution in [0.3, 0.4) is 0 Å². The fraction of sp³-hybridized carbons (Fsp3) is 0.167. The van der Waals surface area contributed by atoms with Crippen molar-refractivity contribution in [2.75, 3.05) is 12.0 Å². The minimum absolute atomic E-state index is 0.00113. The predicted molar refractivity (Wildman–Crippen MR) is 121 cm³/mol. The van der Waals surface area contributed by atoms with E-state index in [0.717, 1.165) is 34.4 Å². The van der Waals surface area contributed by atoms with E-state index in [4.69, 9.17) is 4.74 Å². The number of ketones is 1. The summed E-state index contributed by atoms with van der Waals surface area (Å²) in [5.74, 6) is -4.43. The second-order valence-electron chi connectivity index (χ2n) is 7.59. The van der Waals surface area contributed by atoms with Crippen LogP contribution in [0.2, 0.25) is 0 Å². The highest BCUT2D eigenvalue weighted by molar-refractivity contribution is 7.17. The van der Waals surface area contributed by atoms with Gasteiger partial charge in [-0.2, -0.15) is 0 Å². The molecule has 1 N–H and O–H groups in total. The van der Waals surface area contributed by atoms with Crippen LogP contribution >= 0.6 is 11.3 Å². The molecule has 1 aromatic heterocycles. The zero-order valence-electron chi connectivity index (χ0n) is 18.3. The van der Waals surface area contributed by atoms with E-state index in [0.29, 0.717) is 11.1 Å². The third kappa shape index (κ3) is 3.86. The van der Waals surface area contributed by atoms with Gasteiger partial charge in [-0.15, -0.1) is 0 Å². The van der Waals surface area contributed by atoms with Gasteiger partial charge in [-0.05, 0) is 43.2 Å². The molecule has 7 nitrogen and oxygen atoms in total. The molecule has 4 rings (SSSR count). The van der Waals surface area contributed by atoms with Crippen LogP contribution in [0.5, 0.6) is 0 Å². The molecule has 0 spiro atoms. The van der Waals surface area contributed by atoms with Crippen molar-refractivity contribution in [1.29, 1.82) is 0 Å². The maximum Gasteiger partial charge on any atom is 0.350 e. The van der Waals surface area contributed by atoms with Crippen LogP contribution in [-0.4, -0.2) is 34.9 Å². The molecule has 34 heavy (non-hydrogen) atoms. The number of rotatable bonds is 4. The first-order chi connectivity index (χ1) is 16.1. The summed E-state index contributed by atoms with van der Waals surface area (Å²) in [6, 6.07) is 7.74. The molecule has 10 heteroatoms. The van der Waals surface area contributed by atoms with E-state index < -0.39 is 41.1 Å². The Morgan fingerprint density at radius 1 is 1.12 bits per heavy atom. The molecule has 1 aliphatic rings. The van der Waals surface area contributed by atoms with Crippen molar-refractivity contribution >= 4 is 39.9 Å². The molecule has 1 amide bonds. The first-order valence-corrected chi connectivity index (χ1v) is 10.8. The summed E-state index contributed by atoms with van der Waals surface area (Å²) < 4.78 is 32.5. The Labute approximate surface area is 196 Å². The normalized spacial score (nSPS) is 17.3. The number of Topliss-reactive ketones (excluding diaryl/α,β-unsaturated/α-hetero) is 1. The Morgan fingerprint density at radius 3 is 2.41 bits per heavy atom. The Hall–Kier alpha value is -3.92. The predicted octanol–water partition coefficient (Wildman–Crippen LogP) is 4.45. The Morgan fingerprint density at radius 2 is 1.79 bits per heavy atom. The molecular weight excluding hydrogens is 466 g/mol. The first-order valence-electron chi connectivity index (χ1n) is 10.0. The average Bonchev–Trinajstić information content (AvgIpc) is 3.32. The molecule has 1 atom stereocenters. The number of aliphatic hydroxyl groups is 1. The summed E-state index contributed by atoms with van der Waals surface area (Å²) in [4.78, 5) is 43.7. The van der Waals surface area contributed by atoms with E-state index in [2.05, 4.69) is 4.98 Å². The van der Waals surface area contributed by atoms with Crippen LogP contribution in [0.15, 0.2) is 48.0 Å². The fourth-order valence-corrected chi connectivity index (χ4v) is 4.67. The monoisotopic (exact) mass is 484 g/mol. The van der Waals surface area contributed by atoms with Crippen LogP contribution in [0.25, 0.3) is 5.76 Å². The standard InChI is InChI=1S/C24H18F2N2O5S/c1-11-4-5-14(10-16(11)26)19(29)17-18(13-6-8-15(25)9-7-13)28(22(31)20(17)30)24-27-12(2)21(34-24)23(32)33-3/h4-10,18,29H,1-3H3. The molecule has 2 aromatic carbocycles. The van der Waals surface area contributed by atoms with Gasteiger partial charge in [-0.3, -0.25) is 14.5 Å². The van der Waals surface area contributed by atoms with Gasteiger partial charge in [-0.25, -0.2) is 18.6 Å². The second kappa shape index (κ2) is 8.79. The average molecular weight is 484 g/mol. The van der Waals surface area contributed by atoms with Gasteiger partial charge in [0.1, 0.15) is 22.3 Å². The van der Waals surface area contributed by atoms with Gasteiger partial charge in [0.2, 0.25) is 0 Å². The van der Waals surface area contributed by atoms with Crippen molar-refractivity contribution < 1.29 is 33.0 Å². The number of ether oxygens (including phenoxy) is 1. The zero-order valence-corrected chi connectivity index (χ0v) is 19.1. The molecule has 2 heterocycles. The molecule has 1 unspecified atom stereocenters. The lowest BCUT2D eigenvalue weighted by molar-refractivity contribution is -0.132. The third-order valence-corrected chi connectivity index (χ3v) is 6.57. The first kappa shape index (κ1) is 23.2. The molecule has 174 valence electrons. The van der Waals surface area contributed by atoms with E-state index in [1.54, 1.807) is 13.8 Å². The van der Waals surface area contributed by atoms with Crippen LogP contribution < -0.4 is 4.90 Å². The number of thiazole rings is 1. The van der Waals surface area contributed by atoms with E-state index in [1.807, 2.05) is 0 Å². The Balaban J connectivity index is 1.94. The molecular formula is C24H18F2N2O5S. The van der Waals surface area contributed by atoms with Gasteiger partial charge < -0.3 is 9.84 Å². The number of amides is 1. The number of carbonyl (C=O) groups is 3. The van der Waals surface area contributed by atoms with Crippen molar-refractivity contribution in [2.45, 2.75) is 19.9 Å². The Kier molecular flexibility index (Phi) is 6.01. The van der Waals surface area contributed by atoms with Crippen LogP contribution in [-0.2, 0) is 14.3 Å². The summed E-state index contributed by atoms with van der Waals surface area (Å²) in [6.45, 7) is 3.09. The SMILES string of the molecule is COC(=O)c1sc(N2C(=O)C(=O)C(=C(O)c3ccc(C)c(F)c3)C2c2ccc(F)cc2)nc1C. The second-order valence-corrected chi connectivity index (χ2v) is 8.56. The van der Waals surface area contributed by atoms with E-state index >= 15 is 0 Å². The Bertz CT molecular complexity index is 1360. The zero-order chi connectivity index (χ0) is 24.7. The van der Waals surface area contributed by atoms with Gasteiger partial charge in [0.25, 0.3) is 5.78 Å². The molecule has 1 saturated heterocycles. The van der Waals surface area contributed by atoms with Crippen LogP contribution in [0, 0.1) is 25.5 Å². The third-order valence-electron chi connectivity index (χ3n) is 5.44. The molecule has 0 aliphatic carbocycles. The maximum absolute atomic E-state index is 14.2. The van der Waals surface area contributed by atoms with Gasteiger partial charge in [0, 0.05) is 5.56 Å². The summed E-state index contributed by atoms with van der Waals surface area (Å²) in [7, 11) is 1.20. The number of nitrogens with zero attached hydrogens (tertiary/aromatic N) is 2. The van der Waals surface area contributed by atoms with E-state index in [9.17, 15) is 28.3 Å². The van der Waals surface area contributed by atoms with Crippen molar-refractivity contribution in [3.05, 3.63) is 86.9 Å². The van der Waals surface area contributed by atoms with Crippen molar-refractivity contribution in [3.8, 4) is 0 Å². The maximum atomic E-state index is 14.2. The van der Waals surface area contributed by atoms with Crippen molar-refractivity contribution in [2.24, 2.45) is 0 Å². The minimum Gasteiger partial charge on any atom is -0.507 e. The number of aromatic nitrogens is 1. The van der Waals surface area contributed by atoms with Crippen molar-refractivity contribution in [1.82, 2.24) is 4.98 Å². The number of aliphatic hydroxyl groups excluding tert-OH is 1. The van der Waals surface area contributed by atoms with Gasteiger partial charge in [0.15, 0.2) is 5.13 Å². The number of carbonyl (C=O) groups excluding carboxylic acids is 3. The number of esters is 1. The highest BCUT2D eigenvalue weighted by Crippen LogP contribution is 2.44. The lowest BCUT2D eigenvalue weighted by Crippen LogP contribution is -2.29. The molecule has 1 aliphatic heterocycles. The number of aryl methyl sites for hydroxylation is 2. The van der Waals surface area contributed by atoms with E-state index in [1.165, 1.54) is 31.4 Å². The fourth-order valence-electron chi connectivity index (χ4n) is 3.65. The molecule has 0 bridgehead atoms. The topological polar surface area (TPSA) is 96.8 Å². The number of anilines is 1. The molecule has 0 saturated carbocycles. The number of halogens is 2. The van der Waals surface area contributed by atoms with Crippen molar-refractivity contribution in [3.63, 3.8) is 0 Å². The number of benzene rings is 2. The summed E-state index contributed by atoms with van der Waals surface area (Å²) in [5, 5.41) is 11.0. The smallest absolute Gasteiger partial charge is 0.350 e.